The molecule has 40 N–H and O–H groups in total. The number of carboxylic acids is 8. The highest BCUT2D eigenvalue weighted by atomic mass is 32.1. The molecule has 40 atom stereocenters. The first-order valence-corrected chi connectivity index (χ1v) is 52.8. The molecular weight excluding hydrogens is 1880 g/mol. The highest BCUT2D eigenvalue weighted by Crippen LogP contribution is 2.55. The van der Waals surface area contributed by atoms with E-state index >= 15 is 0 Å². The van der Waals surface area contributed by atoms with Gasteiger partial charge >= 0.3 is 47.8 Å². The Morgan fingerprint density at radius 3 is 0.400 bits per heavy atom. The van der Waals surface area contributed by atoms with Crippen molar-refractivity contribution in [1.29, 1.82) is 0 Å². The van der Waals surface area contributed by atoms with E-state index < -0.39 is 141 Å². The number of unbranched alkanes of at least 4 members (excludes halogenated alkanes) is 4. The van der Waals surface area contributed by atoms with Crippen LogP contribution in [0.25, 0.3) is 0 Å². The number of hydrogen-bond donors (Lipinski definition) is 32. The van der Waals surface area contributed by atoms with Crippen molar-refractivity contribution in [2.24, 2.45) is 211 Å². The summed E-state index contributed by atoms with van der Waals surface area (Å²) in [5, 5.41) is 157. The van der Waals surface area contributed by atoms with Crippen molar-refractivity contribution in [3.8, 4) is 0 Å². The van der Waals surface area contributed by atoms with Crippen LogP contribution < -0.4 is 68.8 Å². The second-order valence-electron chi connectivity index (χ2n) is 43.5. The van der Waals surface area contributed by atoms with Crippen LogP contribution in [0.15, 0.2) is 97.2 Å². The molecule has 24 unspecified atom stereocenters. The number of rotatable bonds is 44. The molecule has 140 heavy (non-hydrogen) atoms. The molecule has 0 aliphatic heterocycles. The van der Waals surface area contributed by atoms with Gasteiger partial charge < -0.3 is 151 Å². The quantitative estimate of drug-likeness (QED) is 0.0237. The van der Waals surface area contributed by atoms with Crippen LogP contribution in [0.5, 0.6) is 0 Å². The average Bonchev–Trinajstić information content (AvgIpc) is 1.78. The van der Waals surface area contributed by atoms with Crippen LogP contribution in [0.4, 0.5) is 0 Å². The SMILES string of the molecule is NCCCC[C@@](N)(C(=O)O)[C@@H](O)C1CC2C=CC1C2.NCCCC[C@@](N)(C(=O)O)[C@H](O)C1CC2C=CC1C2.NCCCC[C@](N)(C(=O)O)[C@@H](O)C1CC2C=CC1C2.NCCCC[C@](N)(C(=O)O)[C@H](O)C1CC2C=CC1C2.N[C@@](CS)(C(=O)O)[C@@H](O)C1CC2C=CC1C2.N[C@@](CS)(C(=O)O)[C@H](O)C1CC2C=CC1C2.N[C@](CS)(C(=O)O)[C@@H](O)C1CC2C=CC1C2.N[C@](CS)(C(=O)O)[C@H](O)C1CC2C=CC1C2. The zero-order valence-electron chi connectivity index (χ0n) is 80.3. The van der Waals surface area contributed by atoms with Crippen molar-refractivity contribution in [1.82, 2.24) is 0 Å². The van der Waals surface area contributed by atoms with Crippen LogP contribution in [-0.4, -0.2) is 272 Å². The smallest absolute Gasteiger partial charge is 0.327 e. The summed E-state index contributed by atoms with van der Waals surface area (Å²) < 4.78 is 0. The molecule has 36 nitrogen and oxygen atoms in total. The number of thiol groups is 4. The molecule has 0 spiro atoms. The van der Waals surface area contributed by atoms with Crippen molar-refractivity contribution in [3.63, 3.8) is 0 Å². The van der Waals surface area contributed by atoms with Gasteiger partial charge in [0.2, 0.25) is 0 Å². The van der Waals surface area contributed by atoms with Gasteiger partial charge in [-0.2, -0.15) is 50.5 Å². The summed E-state index contributed by atoms with van der Waals surface area (Å²) in [7, 11) is 0. The lowest BCUT2D eigenvalue weighted by Gasteiger charge is -2.36. The average molecular weight is 2050 g/mol. The third-order valence-electron chi connectivity index (χ3n) is 34.5. The van der Waals surface area contributed by atoms with Crippen molar-refractivity contribution in [2.75, 3.05) is 49.2 Å². The number of aliphatic hydroxyl groups excluding tert-OH is 8. The Hall–Kier alpha value is -5.72. The summed E-state index contributed by atoms with van der Waals surface area (Å²) in [5.41, 5.74) is 56.1. The normalized spacial score (nSPS) is 35.1. The molecule has 8 saturated carbocycles. The van der Waals surface area contributed by atoms with Crippen LogP contribution >= 0.6 is 50.5 Å². The summed E-state index contributed by atoms with van der Waals surface area (Å²) >= 11 is 15.8. The van der Waals surface area contributed by atoms with Crippen molar-refractivity contribution < 1.29 is 120 Å². The van der Waals surface area contributed by atoms with Gasteiger partial charge in [-0.15, -0.1) is 0 Å². The first-order chi connectivity index (χ1) is 65.9. The number of aliphatic carboxylic acids is 8. The summed E-state index contributed by atoms with van der Waals surface area (Å²) in [6, 6.07) is 0. The van der Waals surface area contributed by atoms with E-state index in [1.807, 2.05) is 0 Å². The zero-order valence-corrected chi connectivity index (χ0v) is 83.9. The number of carbonyl (C=O) groups is 8. The maximum absolute atomic E-state index is 11.5. The van der Waals surface area contributed by atoms with Gasteiger partial charge in [0.15, 0.2) is 0 Å². The number of nitrogens with two attached hydrogens (primary N) is 12. The second kappa shape index (κ2) is 50.8. The highest BCUT2D eigenvalue weighted by Gasteiger charge is 2.59. The molecule has 0 aromatic carbocycles. The number of carboxylic acid groups (broad SMARTS) is 8. The van der Waals surface area contributed by atoms with Crippen LogP contribution in [0, 0.1) is 142 Å². The fraction of sp³-hybridized carbons (Fsp3) is 0.760. The predicted octanol–water partition coefficient (Wildman–Crippen LogP) is 2.97. The van der Waals surface area contributed by atoms with Crippen LogP contribution in [0.1, 0.15) is 180 Å². The van der Waals surface area contributed by atoms with E-state index in [1.54, 1.807) is 0 Å². The Labute approximate surface area is 843 Å². The first-order valence-electron chi connectivity index (χ1n) is 50.2. The molecule has 792 valence electrons. The Kier molecular flexibility index (Phi) is 42.7. The van der Waals surface area contributed by atoms with E-state index in [9.17, 15) is 99.6 Å². The van der Waals surface area contributed by atoms with Gasteiger partial charge in [-0.05, 0) is 348 Å². The van der Waals surface area contributed by atoms with E-state index in [0.29, 0.717) is 99.2 Å². The van der Waals surface area contributed by atoms with Crippen LogP contribution in [-0.2, 0) is 38.4 Å². The molecule has 8 fully saturated rings. The van der Waals surface area contributed by atoms with Gasteiger partial charge in [0, 0.05) is 23.0 Å². The number of hydrogen-bond acceptors (Lipinski definition) is 32. The number of allylic oxidation sites excluding steroid dienone is 16. The second-order valence-corrected chi connectivity index (χ2v) is 44.8. The van der Waals surface area contributed by atoms with Gasteiger partial charge in [0.25, 0.3) is 0 Å². The minimum Gasteiger partial charge on any atom is -0.480 e. The first kappa shape index (κ1) is 118. The third-order valence-corrected chi connectivity index (χ3v) is 36.6. The summed E-state index contributed by atoms with van der Waals surface area (Å²) in [4.78, 5) is 90.4. The van der Waals surface area contributed by atoms with Gasteiger partial charge in [0.05, 0.1) is 48.8 Å². The monoisotopic (exact) mass is 2050 g/mol. The zero-order chi connectivity index (χ0) is 104. The molecule has 0 heterocycles. The minimum absolute atomic E-state index is 0.0195. The Balaban J connectivity index is 0.000000179. The lowest BCUT2D eigenvalue weighted by atomic mass is 9.76. The van der Waals surface area contributed by atoms with E-state index in [1.165, 1.54) is 0 Å². The molecule has 0 amide bonds. The molecule has 40 heteroatoms. The Bertz CT molecular complexity index is 3900. The number of aliphatic hydroxyl groups is 8. The van der Waals surface area contributed by atoms with Crippen LogP contribution in [0.2, 0.25) is 0 Å². The molecular formula is C100H164N12O24S4. The minimum atomic E-state index is -1.63. The predicted molar refractivity (Wildman–Crippen MR) is 542 cm³/mol. The van der Waals surface area contributed by atoms with E-state index in [-0.39, 0.29) is 143 Å². The third kappa shape index (κ3) is 26.3. The van der Waals surface area contributed by atoms with Crippen LogP contribution in [0.3, 0.4) is 0 Å². The van der Waals surface area contributed by atoms with Gasteiger partial charge in [0.1, 0.15) is 44.3 Å². The molecule has 16 bridgehead atoms. The summed E-state index contributed by atoms with van der Waals surface area (Å²) in [5.74, 6) is -3.40. The van der Waals surface area contributed by atoms with Crippen molar-refractivity contribution >= 4 is 98.3 Å². The largest absolute Gasteiger partial charge is 0.480 e. The molecule has 0 aromatic heterocycles. The number of fused-ring (bicyclic) bond motifs is 16. The lowest BCUT2D eigenvalue weighted by molar-refractivity contribution is -0.151. The maximum atomic E-state index is 11.5. The highest BCUT2D eigenvalue weighted by molar-refractivity contribution is 7.80. The lowest BCUT2D eigenvalue weighted by Crippen LogP contribution is -2.61. The van der Waals surface area contributed by atoms with Crippen molar-refractivity contribution in [2.45, 2.75) is 273 Å². The molecule has 0 saturated heterocycles. The maximum Gasteiger partial charge on any atom is 0.327 e. The van der Waals surface area contributed by atoms with Gasteiger partial charge in [-0.3, -0.25) is 38.4 Å². The fourth-order valence-corrected chi connectivity index (χ4v) is 26.8. The fourth-order valence-electron chi connectivity index (χ4n) is 25.5. The summed E-state index contributed by atoms with van der Waals surface area (Å²) in [6.45, 7) is 2.07. The summed E-state index contributed by atoms with van der Waals surface area (Å²) in [6.07, 6.45) is 47.4. The van der Waals surface area contributed by atoms with E-state index in [4.69, 9.17) is 89.2 Å². The van der Waals surface area contributed by atoms with Gasteiger partial charge in [-0.1, -0.05) is 97.2 Å². The van der Waals surface area contributed by atoms with E-state index in [0.717, 1.165) is 128 Å². The molecule has 0 radical (unpaired) electrons. The van der Waals surface area contributed by atoms with Crippen molar-refractivity contribution in [3.05, 3.63) is 97.2 Å². The Morgan fingerprint density at radius 2 is 0.321 bits per heavy atom. The molecule has 16 aliphatic rings. The standard InChI is InChI=1S/4C14H24N2O3.4C11H17NO3S/c4*15-6-2-1-5-14(16,13(18)19)12(17)11-8-9-3-4-10(11)7-9;4*12-11(5-16,10(14)15)9(13)8-4-6-1-2-7(8)3-6/h4*3-4,9-12,17H,1-2,5-8,15-16H2,(H,18,19);4*1-2,6-9,13,16H,3-5,12H2,(H,14,15)/t2*9?,10?,11?,12-,14+;2*9?,10?,11?,12-,14-;2*6?,7?,8?,9-,11+;2*6?,7?,8?,9-,11-/m10101010/s1. The van der Waals surface area contributed by atoms with Gasteiger partial charge in [-0.25, -0.2) is 0 Å². The molecule has 16 rings (SSSR count). The van der Waals surface area contributed by atoms with E-state index in [2.05, 4.69) is 148 Å². The molecule has 16 aliphatic carbocycles. The topological polar surface area (TPSA) is 772 Å². The Morgan fingerprint density at radius 1 is 0.207 bits per heavy atom. The molecule has 0 aromatic rings.